The van der Waals surface area contributed by atoms with Crippen LogP contribution >= 0.6 is 11.6 Å². The molecule has 10 heteroatoms. The standard InChI is InChI=1S/C36H41ClN4O5/c1-2-45-35(43)26-8-6-20-41(24-26)39-33(42)30-9-3-11-32-31(30)23-25(29-10-4-18-38-34(29)46-32)7-5-19-40-21-16-36(44,17-22-40)27-12-14-28(37)15-13-27/h3-4,7,9-15,18,23,26,39,42,44H,2,5-6,8,16-17,19-22,24H2,1H3/t26-/m1/s1. The average molecular weight is 645 g/mol. The second kappa shape index (κ2) is 14.3. The summed E-state index contributed by atoms with van der Waals surface area (Å²) in [6.45, 7) is 5.74. The summed E-state index contributed by atoms with van der Waals surface area (Å²) in [6, 6.07) is 17.0. The van der Waals surface area contributed by atoms with Crippen LogP contribution < -0.4 is 20.6 Å². The molecule has 0 unspecified atom stereocenters. The number of ether oxygens (including phenoxy) is 2. The van der Waals surface area contributed by atoms with Crippen LogP contribution in [0.2, 0.25) is 5.02 Å². The molecule has 1 atom stereocenters. The molecule has 3 N–H and O–H groups in total. The van der Waals surface area contributed by atoms with Crippen molar-refractivity contribution >= 4 is 35.1 Å². The van der Waals surface area contributed by atoms with Crippen LogP contribution in [0.5, 0.6) is 11.6 Å². The van der Waals surface area contributed by atoms with Crippen LogP contribution in [-0.2, 0) is 15.1 Å². The maximum atomic E-state index is 12.4. The quantitative estimate of drug-likeness (QED) is 0.306. The van der Waals surface area contributed by atoms with Crippen molar-refractivity contribution in [2.24, 2.45) is 5.92 Å². The summed E-state index contributed by atoms with van der Waals surface area (Å²) in [7, 11) is 0. The van der Waals surface area contributed by atoms with E-state index in [2.05, 4.69) is 21.4 Å². The van der Waals surface area contributed by atoms with Gasteiger partial charge in [-0.25, -0.2) is 9.99 Å². The lowest BCUT2D eigenvalue weighted by Crippen LogP contribution is -2.48. The van der Waals surface area contributed by atoms with Crippen LogP contribution in [0.4, 0.5) is 0 Å². The van der Waals surface area contributed by atoms with Gasteiger partial charge in [0.25, 0.3) is 0 Å². The number of halogens is 1. The molecule has 3 aliphatic rings. The van der Waals surface area contributed by atoms with Gasteiger partial charge in [0, 0.05) is 59.9 Å². The third kappa shape index (κ3) is 7.23. The van der Waals surface area contributed by atoms with Gasteiger partial charge in [0.1, 0.15) is 5.75 Å². The number of hydrogen-bond acceptors (Lipinski definition) is 9. The molecule has 6 rings (SSSR count). The minimum absolute atomic E-state index is 0.0130. The number of piperidine rings is 2. The molecule has 9 nitrogen and oxygen atoms in total. The van der Waals surface area contributed by atoms with Gasteiger partial charge in [-0.2, -0.15) is 0 Å². The number of aliphatic hydroxyl groups excluding tert-OH is 1. The predicted molar refractivity (Wildman–Crippen MR) is 178 cm³/mol. The Morgan fingerprint density at radius 1 is 1.15 bits per heavy atom. The third-order valence-electron chi connectivity index (χ3n) is 9.09. The first-order valence-electron chi connectivity index (χ1n) is 16.1. The van der Waals surface area contributed by atoms with Gasteiger partial charge >= 0.3 is 5.97 Å². The first-order chi connectivity index (χ1) is 22.3. The number of rotatable bonds is 8. The maximum absolute atomic E-state index is 12.4. The monoisotopic (exact) mass is 644 g/mol. The van der Waals surface area contributed by atoms with Gasteiger partial charge in [0.2, 0.25) is 11.8 Å². The number of carbonyl (C=O) groups excluding carboxylic acids is 1. The highest BCUT2D eigenvalue weighted by molar-refractivity contribution is 6.30. The summed E-state index contributed by atoms with van der Waals surface area (Å²) in [6.07, 6.45) is 9.63. The summed E-state index contributed by atoms with van der Waals surface area (Å²) in [5, 5.41) is 26.5. The molecule has 3 aliphatic heterocycles. The van der Waals surface area contributed by atoms with E-state index < -0.39 is 5.60 Å². The van der Waals surface area contributed by atoms with E-state index in [-0.39, 0.29) is 17.8 Å². The molecule has 2 saturated heterocycles. The van der Waals surface area contributed by atoms with Crippen molar-refractivity contribution in [3.63, 3.8) is 0 Å². The number of aromatic nitrogens is 1. The molecule has 0 amide bonds. The number of aliphatic hydroxyl groups is 2. The van der Waals surface area contributed by atoms with E-state index in [1.54, 1.807) is 6.20 Å². The second-order valence-corrected chi connectivity index (χ2v) is 12.6. The number of allylic oxidation sites excluding steroid dienone is 1. The van der Waals surface area contributed by atoms with Crippen LogP contribution in [-0.4, -0.2) is 70.4 Å². The topological polar surface area (TPSA) is 107 Å². The number of pyridine rings is 1. The number of nitrogens with zero attached hydrogens (tertiary/aromatic N) is 3. The third-order valence-corrected chi connectivity index (χ3v) is 9.34. The lowest BCUT2D eigenvalue weighted by atomic mass is 9.84. The number of hydrogen-bond donors (Lipinski definition) is 3. The number of hydrazine groups is 1. The highest BCUT2D eigenvalue weighted by Gasteiger charge is 2.33. The van der Waals surface area contributed by atoms with Crippen LogP contribution in [0.1, 0.15) is 50.2 Å². The van der Waals surface area contributed by atoms with Crippen molar-refractivity contribution < 1.29 is 24.5 Å². The molecule has 242 valence electrons. The Morgan fingerprint density at radius 2 is 1.96 bits per heavy atom. The number of likely N-dealkylation sites (tertiary alicyclic amines) is 1. The molecule has 0 spiro atoms. The molecule has 0 bridgehead atoms. The number of esters is 1. The van der Waals surface area contributed by atoms with Gasteiger partial charge in [-0.3, -0.25) is 10.2 Å². The summed E-state index contributed by atoms with van der Waals surface area (Å²) >= 11 is 6.05. The fourth-order valence-electron chi connectivity index (χ4n) is 6.53. The molecule has 2 fully saturated rings. The van der Waals surface area contributed by atoms with Crippen molar-refractivity contribution in [1.82, 2.24) is 20.3 Å². The van der Waals surface area contributed by atoms with Gasteiger partial charge in [-0.1, -0.05) is 35.9 Å². The van der Waals surface area contributed by atoms with Crippen molar-refractivity contribution in [1.29, 1.82) is 0 Å². The Hall–Kier alpha value is -3.89. The van der Waals surface area contributed by atoms with E-state index in [1.165, 1.54) is 0 Å². The molecule has 3 aromatic rings. The van der Waals surface area contributed by atoms with Crippen molar-refractivity contribution in [2.45, 2.75) is 44.6 Å². The van der Waals surface area contributed by atoms with Gasteiger partial charge < -0.3 is 24.6 Å². The van der Waals surface area contributed by atoms with E-state index in [1.807, 2.05) is 72.6 Å². The minimum atomic E-state index is -0.836. The van der Waals surface area contributed by atoms with Crippen molar-refractivity contribution in [3.05, 3.63) is 93.5 Å². The van der Waals surface area contributed by atoms with E-state index in [4.69, 9.17) is 21.1 Å². The Morgan fingerprint density at radius 3 is 2.74 bits per heavy atom. The van der Waals surface area contributed by atoms with Crippen molar-refractivity contribution in [3.8, 4) is 11.6 Å². The van der Waals surface area contributed by atoms with Crippen molar-refractivity contribution in [2.75, 3.05) is 39.3 Å². The normalized spacial score (nSPS) is 21.2. The zero-order valence-electron chi connectivity index (χ0n) is 26.1. The fourth-order valence-corrected chi connectivity index (χ4v) is 6.65. The van der Waals surface area contributed by atoms with Crippen LogP contribution in [0.3, 0.4) is 0 Å². The Bertz CT molecular complexity index is 1700. The van der Waals surface area contributed by atoms with Gasteiger partial charge in [0.05, 0.1) is 18.1 Å². The molecule has 4 heterocycles. The number of nitrogens with one attached hydrogen (secondary N) is 1. The lowest BCUT2D eigenvalue weighted by Gasteiger charge is -2.38. The summed E-state index contributed by atoms with van der Waals surface area (Å²) < 4.78 is 11.5. The molecule has 1 aromatic heterocycles. The Kier molecular flexibility index (Phi) is 9.94. The highest BCUT2D eigenvalue weighted by Crippen LogP contribution is 2.34. The first kappa shape index (κ1) is 32.1. The maximum Gasteiger partial charge on any atom is 0.310 e. The van der Waals surface area contributed by atoms with Crippen LogP contribution in [0.15, 0.2) is 66.9 Å². The SMILES string of the molecule is CCOC(=O)[C@@H]1CCCN(NC(O)=c2cccc3c2=CC(=CCCN2CCC(O)(c4ccc(Cl)cc4)CC2)c2cccnc2O3)C1. The first-order valence-corrected chi connectivity index (χ1v) is 16.5. The zero-order valence-corrected chi connectivity index (χ0v) is 26.9. The van der Waals surface area contributed by atoms with Crippen LogP contribution in [0, 0.1) is 5.92 Å². The Labute approximate surface area is 274 Å². The highest BCUT2D eigenvalue weighted by atomic mass is 35.5. The summed E-state index contributed by atoms with van der Waals surface area (Å²) in [5.41, 5.74) is 5.04. The molecular weight excluding hydrogens is 604 g/mol. The van der Waals surface area contributed by atoms with E-state index >= 15 is 0 Å². The summed E-state index contributed by atoms with van der Waals surface area (Å²) in [5.74, 6) is 0.645. The number of benzene rings is 2. The lowest BCUT2D eigenvalue weighted by molar-refractivity contribution is -0.150. The summed E-state index contributed by atoms with van der Waals surface area (Å²) in [4.78, 5) is 19.3. The van der Waals surface area contributed by atoms with Crippen LogP contribution in [0.25, 0.3) is 17.5 Å². The smallest absolute Gasteiger partial charge is 0.310 e. The van der Waals surface area contributed by atoms with E-state index in [9.17, 15) is 15.0 Å². The molecule has 46 heavy (non-hydrogen) atoms. The number of carbonyl (C=O) groups is 1. The minimum Gasteiger partial charge on any atom is -0.493 e. The zero-order chi connectivity index (χ0) is 32.1. The van der Waals surface area contributed by atoms with Gasteiger partial charge in [-0.15, -0.1) is 0 Å². The fraction of sp³-hybridized carbons (Fsp3) is 0.389. The molecular formula is C36H41ClN4O5. The second-order valence-electron chi connectivity index (χ2n) is 12.1. The molecule has 0 radical (unpaired) electrons. The average Bonchev–Trinajstić information content (AvgIpc) is 3.22. The molecule has 2 aromatic carbocycles. The Balaban J connectivity index is 1.22. The van der Waals surface area contributed by atoms with Gasteiger partial charge in [0.15, 0.2) is 0 Å². The van der Waals surface area contributed by atoms with E-state index in [0.717, 1.165) is 60.8 Å². The largest absolute Gasteiger partial charge is 0.493 e. The predicted octanol–water partition coefficient (Wildman–Crippen LogP) is 4.48. The molecule has 0 aliphatic carbocycles. The number of fused-ring (bicyclic) bond motifs is 2. The van der Waals surface area contributed by atoms with Gasteiger partial charge in [-0.05, 0) is 92.6 Å². The van der Waals surface area contributed by atoms with E-state index in [0.29, 0.717) is 54.4 Å². The molecule has 0 saturated carbocycles.